The van der Waals surface area contributed by atoms with Crippen LogP contribution in [0.3, 0.4) is 0 Å². The molecule has 19 heavy (non-hydrogen) atoms. The Hall–Kier alpha value is -1.46. The summed E-state index contributed by atoms with van der Waals surface area (Å²) in [6, 6.07) is 13.1. The average molecular weight is 337 g/mol. The van der Waals surface area contributed by atoms with Crippen molar-refractivity contribution in [2.24, 2.45) is 5.73 Å². The van der Waals surface area contributed by atoms with Crippen molar-refractivity contribution in [1.29, 1.82) is 0 Å². The molecule has 1 amide bonds. The number of thioether (sulfide) groups is 1. The first-order valence-corrected chi connectivity index (χ1v) is 7.40. The highest BCUT2D eigenvalue weighted by molar-refractivity contribution is 9.10. The maximum absolute atomic E-state index is 11.1. The minimum absolute atomic E-state index is 0.409. The molecule has 0 heterocycles. The SMILES string of the molecule is NC(=O)c1cccc(CSc2cc(Br)ccc2N)c1. The van der Waals surface area contributed by atoms with Crippen molar-refractivity contribution in [3.63, 3.8) is 0 Å². The second-order valence-corrected chi connectivity index (χ2v) is 5.97. The van der Waals surface area contributed by atoms with Crippen molar-refractivity contribution in [2.45, 2.75) is 10.6 Å². The summed E-state index contributed by atoms with van der Waals surface area (Å²) in [5, 5.41) is 0. The highest BCUT2D eigenvalue weighted by Gasteiger charge is 2.04. The fourth-order valence-electron chi connectivity index (χ4n) is 1.61. The third kappa shape index (κ3) is 3.75. The molecule has 0 saturated carbocycles. The predicted molar refractivity (Wildman–Crippen MR) is 83.1 cm³/mol. The molecule has 0 aliphatic heterocycles. The number of halogens is 1. The molecule has 0 atom stereocenters. The quantitative estimate of drug-likeness (QED) is 0.663. The largest absolute Gasteiger partial charge is 0.398 e. The summed E-state index contributed by atoms with van der Waals surface area (Å²) in [7, 11) is 0. The first-order valence-electron chi connectivity index (χ1n) is 5.63. The van der Waals surface area contributed by atoms with E-state index in [2.05, 4.69) is 15.9 Å². The molecular formula is C14H13BrN2OS. The molecule has 0 aliphatic rings. The highest BCUT2D eigenvalue weighted by Crippen LogP contribution is 2.30. The molecule has 0 saturated heterocycles. The van der Waals surface area contributed by atoms with E-state index in [1.807, 2.05) is 36.4 Å². The normalized spacial score (nSPS) is 10.4. The number of carbonyl (C=O) groups is 1. The number of primary amides is 1. The third-order valence-corrected chi connectivity index (χ3v) is 4.22. The van der Waals surface area contributed by atoms with Gasteiger partial charge in [-0.05, 0) is 35.9 Å². The lowest BCUT2D eigenvalue weighted by molar-refractivity contribution is 0.1000. The molecule has 4 N–H and O–H groups in total. The first-order chi connectivity index (χ1) is 9.06. The minimum Gasteiger partial charge on any atom is -0.398 e. The maximum atomic E-state index is 11.1. The third-order valence-electron chi connectivity index (χ3n) is 2.58. The molecule has 0 radical (unpaired) electrons. The van der Waals surface area contributed by atoms with Crippen LogP contribution in [0.15, 0.2) is 51.8 Å². The van der Waals surface area contributed by atoms with E-state index in [4.69, 9.17) is 11.5 Å². The zero-order chi connectivity index (χ0) is 13.8. The number of nitrogen functional groups attached to an aromatic ring is 1. The molecule has 0 spiro atoms. The van der Waals surface area contributed by atoms with E-state index in [0.29, 0.717) is 5.56 Å². The van der Waals surface area contributed by atoms with Crippen LogP contribution in [0.2, 0.25) is 0 Å². The molecule has 0 unspecified atom stereocenters. The van der Waals surface area contributed by atoms with E-state index >= 15 is 0 Å². The number of hydrogen-bond donors (Lipinski definition) is 2. The van der Waals surface area contributed by atoms with Crippen molar-refractivity contribution in [1.82, 2.24) is 0 Å². The average Bonchev–Trinajstić information content (AvgIpc) is 2.40. The minimum atomic E-state index is -0.409. The molecule has 0 fully saturated rings. The molecule has 5 heteroatoms. The Morgan fingerprint density at radius 3 is 2.74 bits per heavy atom. The van der Waals surface area contributed by atoms with E-state index in [9.17, 15) is 4.79 Å². The lowest BCUT2D eigenvalue weighted by Gasteiger charge is -2.07. The number of benzene rings is 2. The van der Waals surface area contributed by atoms with Crippen LogP contribution in [-0.2, 0) is 5.75 Å². The number of nitrogens with two attached hydrogens (primary N) is 2. The van der Waals surface area contributed by atoms with Crippen LogP contribution in [0.4, 0.5) is 5.69 Å². The fraction of sp³-hybridized carbons (Fsp3) is 0.0714. The number of anilines is 1. The highest BCUT2D eigenvalue weighted by atomic mass is 79.9. The molecule has 0 aromatic heterocycles. The second-order valence-electron chi connectivity index (χ2n) is 4.04. The molecule has 2 aromatic carbocycles. The van der Waals surface area contributed by atoms with E-state index in [1.165, 1.54) is 0 Å². The van der Waals surface area contributed by atoms with Crippen LogP contribution in [0, 0.1) is 0 Å². The lowest BCUT2D eigenvalue weighted by atomic mass is 10.1. The van der Waals surface area contributed by atoms with Crippen LogP contribution >= 0.6 is 27.7 Å². The first kappa shape index (κ1) is 14.0. The molecule has 2 aromatic rings. The van der Waals surface area contributed by atoms with E-state index in [-0.39, 0.29) is 0 Å². The summed E-state index contributed by atoms with van der Waals surface area (Å²) in [5.74, 6) is 0.329. The standard InChI is InChI=1S/C14H13BrN2OS/c15-11-4-5-12(16)13(7-11)19-8-9-2-1-3-10(6-9)14(17)18/h1-7H,8,16H2,(H2,17,18). The number of hydrogen-bond acceptors (Lipinski definition) is 3. The van der Waals surface area contributed by atoms with Crippen molar-refractivity contribution in [2.75, 3.05) is 5.73 Å². The van der Waals surface area contributed by atoms with Gasteiger partial charge < -0.3 is 11.5 Å². The van der Waals surface area contributed by atoms with Gasteiger partial charge >= 0.3 is 0 Å². The van der Waals surface area contributed by atoms with Gasteiger partial charge in [0.05, 0.1) is 0 Å². The van der Waals surface area contributed by atoms with Gasteiger partial charge in [-0.2, -0.15) is 0 Å². The van der Waals surface area contributed by atoms with E-state index < -0.39 is 5.91 Å². The van der Waals surface area contributed by atoms with Gasteiger partial charge in [0.1, 0.15) is 0 Å². The predicted octanol–water partition coefficient (Wildman–Crippen LogP) is 3.42. The summed E-state index contributed by atoms with van der Waals surface area (Å²) in [5.41, 5.74) is 13.5. The fourth-order valence-corrected chi connectivity index (χ4v) is 3.07. The summed E-state index contributed by atoms with van der Waals surface area (Å²) < 4.78 is 0.995. The molecule has 3 nitrogen and oxygen atoms in total. The van der Waals surface area contributed by atoms with Gasteiger partial charge in [0, 0.05) is 26.4 Å². The van der Waals surface area contributed by atoms with Crippen LogP contribution in [0.1, 0.15) is 15.9 Å². The lowest BCUT2D eigenvalue weighted by Crippen LogP contribution is -2.10. The van der Waals surface area contributed by atoms with Crippen LogP contribution in [0.25, 0.3) is 0 Å². The summed E-state index contributed by atoms with van der Waals surface area (Å²) in [6.07, 6.45) is 0. The number of amides is 1. The molecule has 0 aliphatic carbocycles. The van der Waals surface area contributed by atoms with Crippen LogP contribution in [0.5, 0.6) is 0 Å². The van der Waals surface area contributed by atoms with Gasteiger partial charge in [0.2, 0.25) is 5.91 Å². The maximum Gasteiger partial charge on any atom is 0.248 e. The van der Waals surface area contributed by atoms with E-state index in [1.54, 1.807) is 17.8 Å². The number of carbonyl (C=O) groups excluding carboxylic acids is 1. The van der Waals surface area contributed by atoms with Crippen molar-refractivity contribution < 1.29 is 4.79 Å². The van der Waals surface area contributed by atoms with Gasteiger partial charge in [-0.1, -0.05) is 28.1 Å². The van der Waals surface area contributed by atoms with Gasteiger partial charge in [-0.3, -0.25) is 4.79 Å². The summed E-state index contributed by atoms with van der Waals surface area (Å²) in [6.45, 7) is 0. The van der Waals surface area contributed by atoms with Crippen molar-refractivity contribution >= 4 is 39.3 Å². The van der Waals surface area contributed by atoms with Gasteiger partial charge in [-0.15, -0.1) is 11.8 Å². The van der Waals surface area contributed by atoms with Gasteiger partial charge in [0.25, 0.3) is 0 Å². The Kier molecular flexibility index (Phi) is 4.50. The van der Waals surface area contributed by atoms with Crippen molar-refractivity contribution in [3.05, 3.63) is 58.1 Å². The Labute approximate surface area is 124 Å². The smallest absolute Gasteiger partial charge is 0.248 e. The Balaban J connectivity index is 2.12. The Morgan fingerprint density at radius 2 is 2.00 bits per heavy atom. The van der Waals surface area contributed by atoms with Crippen molar-refractivity contribution in [3.8, 4) is 0 Å². The monoisotopic (exact) mass is 336 g/mol. The van der Waals surface area contributed by atoms with Gasteiger partial charge in [-0.25, -0.2) is 0 Å². The zero-order valence-electron chi connectivity index (χ0n) is 10.1. The Morgan fingerprint density at radius 1 is 1.21 bits per heavy atom. The van der Waals surface area contributed by atoms with Gasteiger partial charge in [0.15, 0.2) is 0 Å². The molecule has 0 bridgehead atoms. The zero-order valence-corrected chi connectivity index (χ0v) is 12.5. The summed E-state index contributed by atoms with van der Waals surface area (Å²) in [4.78, 5) is 12.1. The van der Waals surface area contributed by atoms with E-state index in [0.717, 1.165) is 26.4 Å². The molecular weight excluding hydrogens is 324 g/mol. The number of rotatable bonds is 4. The molecule has 2 rings (SSSR count). The Bertz CT molecular complexity index is 616. The second kappa shape index (κ2) is 6.12. The van der Waals surface area contributed by atoms with Crippen LogP contribution in [-0.4, -0.2) is 5.91 Å². The topological polar surface area (TPSA) is 69.1 Å². The van der Waals surface area contributed by atoms with Crippen LogP contribution < -0.4 is 11.5 Å². The molecule has 98 valence electrons. The summed E-state index contributed by atoms with van der Waals surface area (Å²) >= 11 is 5.05.